The molecule has 1 aliphatic heterocycles. The summed E-state index contributed by atoms with van der Waals surface area (Å²) in [6, 6.07) is 6.92. The van der Waals surface area contributed by atoms with Crippen molar-refractivity contribution in [2.75, 3.05) is 29.5 Å². The lowest BCUT2D eigenvalue weighted by Crippen LogP contribution is -2.50. The lowest BCUT2D eigenvalue weighted by Gasteiger charge is -2.36. The maximum Gasteiger partial charge on any atom is 0.326 e. The minimum atomic E-state index is -0.482. The zero-order valence-corrected chi connectivity index (χ0v) is 15.6. The van der Waals surface area contributed by atoms with Crippen LogP contribution >= 0.6 is 0 Å². The number of benzene rings is 1. The van der Waals surface area contributed by atoms with Crippen LogP contribution in [0.1, 0.15) is 28.4 Å². The lowest BCUT2D eigenvalue weighted by molar-refractivity contribution is -0.142. The zero-order chi connectivity index (χ0) is 19.6. The van der Waals surface area contributed by atoms with Crippen LogP contribution < -0.4 is 9.80 Å². The Kier molecular flexibility index (Phi) is 5.21. The van der Waals surface area contributed by atoms with E-state index < -0.39 is 5.97 Å². The van der Waals surface area contributed by atoms with E-state index in [1.165, 1.54) is 22.2 Å². The van der Waals surface area contributed by atoms with Gasteiger partial charge in [0.1, 0.15) is 13.1 Å². The molecule has 0 fully saturated rings. The third-order valence-electron chi connectivity index (χ3n) is 4.53. The Morgan fingerprint density at radius 2 is 1.74 bits per heavy atom. The molecule has 27 heavy (non-hydrogen) atoms. The molecule has 0 N–H and O–H groups in total. The summed E-state index contributed by atoms with van der Waals surface area (Å²) in [5.41, 5.74) is 3.54. The van der Waals surface area contributed by atoms with E-state index in [2.05, 4.69) is 4.98 Å². The van der Waals surface area contributed by atoms with Gasteiger partial charge in [-0.15, -0.1) is 0 Å². The number of carbonyl (C=O) groups excluding carboxylic acids is 3. The molecule has 1 aromatic heterocycles. The van der Waals surface area contributed by atoms with Gasteiger partial charge in [0.25, 0.3) is 5.91 Å². The van der Waals surface area contributed by atoms with Crippen molar-refractivity contribution in [2.24, 2.45) is 0 Å². The Morgan fingerprint density at radius 1 is 1.11 bits per heavy atom. The lowest BCUT2D eigenvalue weighted by atomic mass is 10.0. The molecule has 1 aliphatic rings. The van der Waals surface area contributed by atoms with E-state index in [9.17, 15) is 14.4 Å². The van der Waals surface area contributed by atoms with E-state index in [-0.39, 0.29) is 31.5 Å². The topological polar surface area (TPSA) is 79.8 Å². The smallest absolute Gasteiger partial charge is 0.326 e. The first-order chi connectivity index (χ1) is 12.9. The van der Waals surface area contributed by atoms with Crippen molar-refractivity contribution >= 4 is 29.2 Å². The summed E-state index contributed by atoms with van der Waals surface area (Å²) in [6.45, 7) is 5.50. The highest BCUT2D eigenvalue weighted by Crippen LogP contribution is 2.36. The molecule has 0 unspecified atom stereocenters. The third-order valence-corrected chi connectivity index (χ3v) is 4.53. The third kappa shape index (κ3) is 3.67. The number of aromatic nitrogens is 1. The van der Waals surface area contributed by atoms with E-state index in [4.69, 9.17) is 4.74 Å². The van der Waals surface area contributed by atoms with Gasteiger partial charge in [-0.2, -0.15) is 0 Å². The molecule has 0 spiro atoms. The Morgan fingerprint density at radius 3 is 2.37 bits per heavy atom. The van der Waals surface area contributed by atoms with E-state index in [0.717, 1.165) is 11.1 Å². The molecule has 1 aromatic carbocycles. The molecule has 140 valence electrons. The Balaban J connectivity index is 2.04. The summed E-state index contributed by atoms with van der Waals surface area (Å²) >= 11 is 0. The number of fused-ring (bicyclic) bond motifs is 1. The standard InChI is InChI=1S/C20H21N3O4/c1-4-27-19(25)12-22-16-9-13(2)14(3)10-17(16)23(11-18(22)24)20(26)15-5-7-21-8-6-15/h5-10H,4,11-12H2,1-3H3. The van der Waals surface area contributed by atoms with Crippen molar-refractivity contribution in [3.63, 3.8) is 0 Å². The van der Waals surface area contributed by atoms with Crippen molar-refractivity contribution in [3.05, 3.63) is 53.3 Å². The SMILES string of the molecule is CCOC(=O)CN1C(=O)CN(C(=O)c2ccncc2)c2cc(C)c(C)cc21. The monoisotopic (exact) mass is 367 g/mol. The fourth-order valence-electron chi connectivity index (χ4n) is 3.00. The van der Waals surface area contributed by atoms with Gasteiger partial charge in [0.15, 0.2) is 0 Å². The largest absolute Gasteiger partial charge is 0.465 e. The summed E-state index contributed by atoms with van der Waals surface area (Å²) in [4.78, 5) is 44.4. The average Bonchev–Trinajstić information content (AvgIpc) is 2.66. The van der Waals surface area contributed by atoms with Crippen LogP contribution in [0.4, 0.5) is 11.4 Å². The van der Waals surface area contributed by atoms with Gasteiger partial charge in [-0.05, 0) is 56.2 Å². The van der Waals surface area contributed by atoms with Crippen LogP contribution in [-0.4, -0.2) is 42.5 Å². The molecule has 0 aliphatic carbocycles. The zero-order valence-electron chi connectivity index (χ0n) is 15.6. The first-order valence-electron chi connectivity index (χ1n) is 8.71. The van der Waals surface area contributed by atoms with Gasteiger partial charge in [0.2, 0.25) is 5.91 Å². The highest BCUT2D eigenvalue weighted by Gasteiger charge is 2.34. The quantitative estimate of drug-likeness (QED) is 0.775. The second-order valence-electron chi connectivity index (χ2n) is 6.34. The van der Waals surface area contributed by atoms with Crippen LogP contribution in [0.15, 0.2) is 36.7 Å². The van der Waals surface area contributed by atoms with Crippen LogP contribution in [0.2, 0.25) is 0 Å². The highest BCUT2D eigenvalue weighted by molar-refractivity contribution is 6.16. The van der Waals surface area contributed by atoms with Crippen molar-refractivity contribution in [1.82, 2.24) is 4.98 Å². The molecule has 2 aromatic rings. The fourth-order valence-corrected chi connectivity index (χ4v) is 3.00. The van der Waals surface area contributed by atoms with Crippen molar-refractivity contribution < 1.29 is 19.1 Å². The summed E-state index contributed by atoms with van der Waals surface area (Å²) in [6.07, 6.45) is 3.07. The predicted molar refractivity (Wildman–Crippen MR) is 101 cm³/mol. The summed E-state index contributed by atoms with van der Waals surface area (Å²) in [5, 5.41) is 0. The fraction of sp³-hybridized carbons (Fsp3) is 0.300. The predicted octanol–water partition coefficient (Wildman–Crippen LogP) is 2.25. The number of carbonyl (C=O) groups is 3. The molecule has 0 radical (unpaired) electrons. The van der Waals surface area contributed by atoms with Gasteiger partial charge in [-0.3, -0.25) is 29.2 Å². The second kappa shape index (κ2) is 7.57. The summed E-state index contributed by atoms with van der Waals surface area (Å²) in [7, 11) is 0. The van der Waals surface area contributed by atoms with Gasteiger partial charge in [0, 0.05) is 18.0 Å². The van der Waals surface area contributed by atoms with Gasteiger partial charge >= 0.3 is 5.97 Å². The molecule has 7 nitrogen and oxygen atoms in total. The van der Waals surface area contributed by atoms with Crippen LogP contribution in [-0.2, 0) is 14.3 Å². The number of aryl methyl sites for hydroxylation is 2. The van der Waals surface area contributed by atoms with Crippen LogP contribution in [0.5, 0.6) is 0 Å². The number of nitrogens with zero attached hydrogens (tertiary/aromatic N) is 3. The molecular weight excluding hydrogens is 346 g/mol. The first kappa shape index (κ1) is 18.6. The minimum Gasteiger partial charge on any atom is -0.465 e. The number of rotatable bonds is 4. The molecule has 0 atom stereocenters. The number of anilines is 2. The van der Waals surface area contributed by atoms with Gasteiger partial charge in [0.05, 0.1) is 18.0 Å². The minimum absolute atomic E-state index is 0.143. The molecule has 0 saturated carbocycles. The van der Waals surface area contributed by atoms with Crippen molar-refractivity contribution in [1.29, 1.82) is 0 Å². The number of pyridine rings is 1. The molecule has 3 rings (SSSR count). The van der Waals surface area contributed by atoms with E-state index in [1.54, 1.807) is 19.1 Å². The molecule has 2 heterocycles. The second-order valence-corrected chi connectivity index (χ2v) is 6.34. The summed E-state index contributed by atoms with van der Waals surface area (Å²) < 4.78 is 4.99. The maximum absolute atomic E-state index is 13.0. The van der Waals surface area contributed by atoms with E-state index >= 15 is 0 Å². The first-order valence-corrected chi connectivity index (χ1v) is 8.71. The number of esters is 1. The van der Waals surface area contributed by atoms with Crippen molar-refractivity contribution in [3.8, 4) is 0 Å². The number of hydrogen-bond acceptors (Lipinski definition) is 5. The van der Waals surface area contributed by atoms with Gasteiger partial charge in [-0.25, -0.2) is 0 Å². The Hall–Kier alpha value is -3.22. The highest BCUT2D eigenvalue weighted by atomic mass is 16.5. The van der Waals surface area contributed by atoms with E-state index in [1.807, 2.05) is 26.0 Å². The summed E-state index contributed by atoms with van der Waals surface area (Å²) in [5.74, 6) is -1.10. The van der Waals surface area contributed by atoms with Crippen molar-refractivity contribution in [2.45, 2.75) is 20.8 Å². The normalized spacial score (nSPS) is 13.4. The molecular formula is C20H21N3O4. The number of amides is 2. The van der Waals surface area contributed by atoms with Crippen LogP contribution in [0.3, 0.4) is 0 Å². The molecule has 0 saturated heterocycles. The number of ether oxygens (including phenoxy) is 1. The Labute approximate surface area is 157 Å². The van der Waals surface area contributed by atoms with Gasteiger partial charge < -0.3 is 4.74 Å². The molecule has 0 bridgehead atoms. The van der Waals surface area contributed by atoms with E-state index in [0.29, 0.717) is 16.9 Å². The number of hydrogen-bond donors (Lipinski definition) is 0. The maximum atomic E-state index is 13.0. The van der Waals surface area contributed by atoms with Crippen LogP contribution in [0.25, 0.3) is 0 Å². The average molecular weight is 367 g/mol. The Bertz CT molecular complexity index is 896. The van der Waals surface area contributed by atoms with Gasteiger partial charge in [-0.1, -0.05) is 0 Å². The molecule has 7 heteroatoms. The van der Waals surface area contributed by atoms with Crippen LogP contribution in [0, 0.1) is 13.8 Å². The molecule has 2 amide bonds.